The average Bonchev–Trinajstić information content (AvgIpc) is 3.07. The number of benzene rings is 3. The zero-order valence-corrected chi connectivity index (χ0v) is 15.0. The van der Waals surface area contributed by atoms with Gasteiger partial charge in [0.2, 0.25) is 0 Å². The van der Waals surface area contributed by atoms with Crippen molar-refractivity contribution in [2.45, 2.75) is 0 Å². The molecule has 0 aliphatic carbocycles. The van der Waals surface area contributed by atoms with Crippen LogP contribution in [-0.2, 0) is 4.79 Å². The molecule has 0 saturated carbocycles. The van der Waals surface area contributed by atoms with E-state index in [1.165, 1.54) is 0 Å². The van der Waals surface area contributed by atoms with Gasteiger partial charge in [-0.2, -0.15) is 5.26 Å². The normalized spacial score (nSPS) is 11.3. The molecule has 1 amide bonds. The van der Waals surface area contributed by atoms with Crippen LogP contribution in [0.15, 0.2) is 90.5 Å². The lowest BCUT2D eigenvalue weighted by molar-refractivity contribution is -0.114. The maximum atomic E-state index is 11.7. The Kier molecular flexibility index (Phi) is 4.49. The van der Waals surface area contributed by atoms with Crippen molar-refractivity contribution in [1.29, 1.82) is 5.26 Å². The van der Waals surface area contributed by atoms with Crippen LogP contribution in [0, 0.1) is 11.3 Å². The van der Waals surface area contributed by atoms with Gasteiger partial charge >= 0.3 is 0 Å². The zero-order chi connectivity index (χ0) is 19.5. The number of hydrogen-bond donors (Lipinski definition) is 1. The SMILES string of the molecule is N#CC(=Cc1c(-c2ccccc2)n(-c2ccccc2)c2ccccc12)C(N)=O. The third-order valence-electron chi connectivity index (χ3n) is 4.65. The molecule has 4 aromatic rings. The van der Waals surface area contributed by atoms with Gasteiger partial charge in [-0.05, 0) is 29.8 Å². The molecule has 3 aromatic carbocycles. The van der Waals surface area contributed by atoms with Crippen LogP contribution in [0.1, 0.15) is 5.56 Å². The number of carbonyl (C=O) groups excluding carboxylic acids is 1. The van der Waals surface area contributed by atoms with Gasteiger partial charge in [-0.3, -0.25) is 4.79 Å². The molecule has 0 aliphatic rings. The third kappa shape index (κ3) is 2.95. The Morgan fingerprint density at radius 1 is 0.893 bits per heavy atom. The number of rotatable bonds is 4. The Bertz CT molecular complexity index is 1230. The van der Waals surface area contributed by atoms with E-state index in [-0.39, 0.29) is 5.57 Å². The van der Waals surface area contributed by atoms with Crippen LogP contribution in [-0.4, -0.2) is 10.5 Å². The monoisotopic (exact) mass is 363 g/mol. The average molecular weight is 363 g/mol. The number of fused-ring (bicyclic) bond motifs is 1. The highest BCUT2D eigenvalue weighted by molar-refractivity contribution is 6.06. The van der Waals surface area contributed by atoms with Crippen molar-refractivity contribution < 1.29 is 4.79 Å². The van der Waals surface area contributed by atoms with E-state index in [1.54, 1.807) is 6.08 Å². The number of nitrogens with two attached hydrogens (primary N) is 1. The lowest BCUT2D eigenvalue weighted by atomic mass is 10.0. The lowest BCUT2D eigenvalue weighted by Crippen LogP contribution is -2.12. The third-order valence-corrected chi connectivity index (χ3v) is 4.65. The van der Waals surface area contributed by atoms with E-state index < -0.39 is 5.91 Å². The van der Waals surface area contributed by atoms with E-state index in [4.69, 9.17) is 5.73 Å². The summed E-state index contributed by atoms with van der Waals surface area (Å²) in [6.07, 6.45) is 1.59. The minimum Gasteiger partial charge on any atom is -0.365 e. The number of nitrogens with zero attached hydrogens (tertiary/aromatic N) is 2. The summed E-state index contributed by atoms with van der Waals surface area (Å²) < 4.78 is 2.15. The molecule has 28 heavy (non-hydrogen) atoms. The zero-order valence-electron chi connectivity index (χ0n) is 15.0. The standard InChI is InChI=1S/C24H17N3O/c25-16-18(24(26)28)15-21-20-13-7-8-14-22(20)27(19-11-5-2-6-12-19)23(21)17-9-3-1-4-10-17/h1-15H,(H2,26,28). The van der Waals surface area contributed by atoms with Crippen LogP contribution in [0.5, 0.6) is 0 Å². The quantitative estimate of drug-likeness (QED) is 0.422. The highest BCUT2D eigenvalue weighted by Crippen LogP contribution is 2.37. The van der Waals surface area contributed by atoms with Gasteiger partial charge in [0.1, 0.15) is 11.6 Å². The van der Waals surface area contributed by atoms with E-state index in [2.05, 4.69) is 4.57 Å². The van der Waals surface area contributed by atoms with Gasteiger partial charge in [0, 0.05) is 16.6 Å². The number of aromatic nitrogens is 1. The Labute approximate surface area is 162 Å². The van der Waals surface area contributed by atoms with E-state index >= 15 is 0 Å². The molecule has 4 rings (SSSR count). The van der Waals surface area contributed by atoms with E-state index in [9.17, 15) is 10.1 Å². The van der Waals surface area contributed by atoms with Gasteiger partial charge in [0.05, 0.1) is 11.2 Å². The summed E-state index contributed by atoms with van der Waals surface area (Å²) in [5.41, 5.74) is 9.99. The first-order valence-corrected chi connectivity index (χ1v) is 8.86. The largest absolute Gasteiger partial charge is 0.365 e. The first-order chi connectivity index (χ1) is 13.7. The van der Waals surface area contributed by atoms with Crippen molar-refractivity contribution in [2.24, 2.45) is 5.73 Å². The summed E-state index contributed by atoms with van der Waals surface area (Å²) >= 11 is 0. The number of hydrogen-bond acceptors (Lipinski definition) is 2. The molecule has 0 fully saturated rings. The summed E-state index contributed by atoms with van der Waals surface area (Å²) in [6, 6.07) is 29.8. The number of primary amides is 1. The van der Waals surface area contributed by atoms with Crippen LogP contribution in [0.4, 0.5) is 0 Å². The van der Waals surface area contributed by atoms with Gasteiger partial charge < -0.3 is 10.3 Å². The molecular weight excluding hydrogens is 346 g/mol. The molecule has 0 spiro atoms. The van der Waals surface area contributed by atoms with Crippen molar-refractivity contribution in [3.05, 3.63) is 96.1 Å². The van der Waals surface area contributed by atoms with Gasteiger partial charge in [0.25, 0.3) is 5.91 Å². The highest BCUT2D eigenvalue weighted by atomic mass is 16.1. The minimum absolute atomic E-state index is 0.0758. The maximum Gasteiger partial charge on any atom is 0.259 e. The van der Waals surface area contributed by atoms with Gasteiger partial charge in [-0.1, -0.05) is 66.7 Å². The second kappa shape index (κ2) is 7.26. The van der Waals surface area contributed by atoms with Crippen molar-refractivity contribution in [1.82, 2.24) is 4.57 Å². The molecule has 134 valence electrons. The first kappa shape index (κ1) is 17.3. The molecule has 0 unspecified atom stereocenters. The van der Waals surface area contributed by atoms with Crippen molar-refractivity contribution in [3.63, 3.8) is 0 Å². The molecule has 1 aromatic heterocycles. The molecule has 0 bridgehead atoms. The molecule has 0 saturated heterocycles. The van der Waals surface area contributed by atoms with E-state index in [0.717, 1.165) is 33.4 Å². The molecule has 0 atom stereocenters. The predicted octanol–water partition coefficient (Wildman–Crippen LogP) is 4.69. The van der Waals surface area contributed by atoms with Crippen molar-refractivity contribution in [2.75, 3.05) is 0 Å². The molecule has 0 radical (unpaired) electrons. The lowest BCUT2D eigenvalue weighted by Gasteiger charge is -2.12. The molecule has 0 aliphatic heterocycles. The highest BCUT2D eigenvalue weighted by Gasteiger charge is 2.19. The van der Waals surface area contributed by atoms with Crippen molar-refractivity contribution >= 4 is 22.9 Å². The van der Waals surface area contributed by atoms with Gasteiger partial charge in [-0.25, -0.2) is 0 Å². The van der Waals surface area contributed by atoms with Gasteiger partial charge in [0.15, 0.2) is 0 Å². The fraction of sp³-hybridized carbons (Fsp3) is 0. The molecular formula is C24H17N3O. The van der Waals surface area contributed by atoms with Crippen LogP contribution in [0.2, 0.25) is 0 Å². The second-order valence-corrected chi connectivity index (χ2v) is 6.35. The Morgan fingerprint density at radius 3 is 2.14 bits per heavy atom. The number of amides is 1. The topological polar surface area (TPSA) is 71.8 Å². The van der Waals surface area contributed by atoms with E-state index in [1.807, 2.05) is 91.0 Å². The van der Waals surface area contributed by atoms with Crippen LogP contribution >= 0.6 is 0 Å². The summed E-state index contributed by atoms with van der Waals surface area (Å²) in [5.74, 6) is -0.738. The Hall–Kier alpha value is -4.10. The van der Waals surface area contributed by atoms with E-state index in [0.29, 0.717) is 0 Å². The Balaban J connectivity index is 2.17. The minimum atomic E-state index is -0.738. The molecule has 4 heteroatoms. The number of nitriles is 1. The van der Waals surface area contributed by atoms with Crippen LogP contribution < -0.4 is 5.73 Å². The maximum absolute atomic E-state index is 11.7. The smallest absolute Gasteiger partial charge is 0.259 e. The fourth-order valence-electron chi connectivity index (χ4n) is 3.44. The summed E-state index contributed by atoms with van der Waals surface area (Å²) in [6.45, 7) is 0. The van der Waals surface area contributed by atoms with Gasteiger partial charge in [-0.15, -0.1) is 0 Å². The summed E-state index contributed by atoms with van der Waals surface area (Å²) in [4.78, 5) is 11.7. The predicted molar refractivity (Wildman–Crippen MR) is 111 cm³/mol. The number of para-hydroxylation sites is 2. The van der Waals surface area contributed by atoms with Crippen LogP contribution in [0.25, 0.3) is 33.9 Å². The summed E-state index contributed by atoms with van der Waals surface area (Å²) in [7, 11) is 0. The molecule has 1 heterocycles. The fourth-order valence-corrected chi connectivity index (χ4v) is 3.44. The first-order valence-electron chi connectivity index (χ1n) is 8.86. The van der Waals surface area contributed by atoms with Crippen molar-refractivity contribution in [3.8, 4) is 23.0 Å². The second-order valence-electron chi connectivity index (χ2n) is 6.35. The summed E-state index contributed by atoms with van der Waals surface area (Å²) in [5, 5.41) is 10.3. The molecule has 4 nitrogen and oxygen atoms in total. The number of carbonyl (C=O) groups is 1. The van der Waals surface area contributed by atoms with Crippen LogP contribution in [0.3, 0.4) is 0 Å². The Morgan fingerprint density at radius 2 is 1.50 bits per heavy atom. The molecule has 2 N–H and O–H groups in total.